The van der Waals surface area contributed by atoms with Crippen molar-refractivity contribution in [2.75, 3.05) is 11.9 Å². The number of aromatic nitrogens is 6. The molecule has 10 nitrogen and oxygen atoms in total. The molecular formula is C27H28N8O2. The van der Waals surface area contributed by atoms with Gasteiger partial charge in [-0.15, -0.1) is 0 Å². The third kappa shape index (κ3) is 4.80. The van der Waals surface area contributed by atoms with Gasteiger partial charge < -0.3 is 10.1 Å². The van der Waals surface area contributed by atoms with Crippen LogP contribution in [-0.4, -0.2) is 42.1 Å². The zero-order valence-electron chi connectivity index (χ0n) is 21.3. The van der Waals surface area contributed by atoms with E-state index in [1.807, 2.05) is 30.7 Å². The van der Waals surface area contributed by atoms with Gasteiger partial charge in [0, 0.05) is 23.7 Å². The number of hydrogen-bond donors (Lipinski definition) is 1. The number of nitrogens with zero attached hydrogens (tertiary/aromatic N) is 7. The first kappa shape index (κ1) is 24.2. The van der Waals surface area contributed by atoms with Crippen LogP contribution in [-0.2, 0) is 11.3 Å². The van der Waals surface area contributed by atoms with Gasteiger partial charge >= 0.3 is 5.97 Å². The third-order valence-corrected chi connectivity index (χ3v) is 6.49. The molecule has 4 aromatic rings. The molecule has 1 aliphatic carbocycles. The van der Waals surface area contributed by atoms with Crippen molar-refractivity contribution in [3.05, 3.63) is 64.7 Å². The first-order valence-electron chi connectivity index (χ1n) is 12.3. The van der Waals surface area contributed by atoms with Gasteiger partial charge in [0.25, 0.3) is 0 Å². The van der Waals surface area contributed by atoms with Gasteiger partial charge in [-0.25, -0.2) is 24.1 Å². The number of nitriles is 1. The predicted molar refractivity (Wildman–Crippen MR) is 138 cm³/mol. The van der Waals surface area contributed by atoms with E-state index in [1.54, 1.807) is 36.7 Å². The van der Waals surface area contributed by atoms with Crippen molar-refractivity contribution in [1.29, 1.82) is 5.26 Å². The molecule has 1 N–H and O–H groups in total. The van der Waals surface area contributed by atoms with E-state index in [0.29, 0.717) is 46.7 Å². The van der Waals surface area contributed by atoms with Crippen LogP contribution in [0.4, 0.5) is 11.6 Å². The van der Waals surface area contributed by atoms with Gasteiger partial charge in [-0.2, -0.15) is 15.5 Å². The first-order chi connectivity index (χ1) is 17.9. The number of aryl methyl sites for hydroxylation is 1. The van der Waals surface area contributed by atoms with E-state index in [1.165, 1.54) is 19.2 Å². The molecule has 37 heavy (non-hydrogen) atoms. The average Bonchev–Trinajstić information content (AvgIpc) is 3.60. The molecule has 188 valence electrons. The van der Waals surface area contributed by atoms with Crippen LogP contribution in [0.3, 0.4) is 0 Å². The Labute approximate surface area is 214 Å². The molecule has 3 aromatic heterocycles. The summed E-state index contributed by atoms with van der Waals surface area (Å²) in [5.41, 5.74) is 5.09. The van der Waals surface area contributed by atoms with Gasteiger partial charge in [0.15, 0.2) is 5.82 Å². The fourth-order valence-corrected chi connectivity index (χ4v) is 4.38. The molecule has 0 radical (unpaired) electrons. The second-order valence-corrected chi connectivity index (χ2v) is 9.20. The summed E-state index contributed by atoms with van der Waals surface area (Å²) in [5.74, 6) is 2.20. The predicted octanol–water partition coefficient (Wildman–Crippen LogP) is 4.65. The van der Waals surface area contributed by atoms with Crippen LogP contribution in [0.5, 0.6) is 0 Å². The Morgan fingerprint density at radius 1 is 1.16 bits per heavy atom. The molecule has 0 spiro atoms. The van der Waals surface area contributed by atoms with E-state index < -0.39 is 5.97 Å². The minimum absolute atomic E-state index is 0.294. The fraction of sp³-hybridized carbons (Fsp3) is 0.333. The number of nitrogens with one attached hydrogen (secondary N) is 1. The minimum Gasteiger partial charge on any atom is -0.462 e. The minimum atomic E-state index is -0.397. The van der Waals surface area contributed by atoms with E-state index in [0.717, 1.165) is 29.2 Å². The van der Waals surface area contributed by atoms with Gasteiger partial charge in [0.05, 0.1) is 35.3 Å². The zero-order valence-corrected chi connectivity index (χ0v) is 21.3. The highest BCUT2D eigenvalue weighted by atomic mass is 16.5. The summed E-state index contributed by atoms with van der Waals surface area (Å²) in [6.45, 7) is 8.51. The topological polar surface area (TPSA) is 124 Å². The SMILES string of the molecule is CCOC(=O)c1c(C)nn(-c2cc(Nc3c(C)c(-c4ccc(C#N)cc4)nn3CC3CC3)ncn2)c1C. The molecule has 0 bridgehead atoms. The van der Waals surface area contributed by atoms with Crippen LogP contribution in [0, 0.1) is 38.0 Å². The summed E-state index contributed by atoms with van der Waals surface area (Å²) in [6, 6.07) is 11.4. The second-order valence-electron chi connectivity index (χ2n) is 9.20. The maximum absolute atomic E-state index is 12.4. The smallest absolute Gasteiger partial charge is 0.341 e. The molecule has 5 rings (SSSR count). The lowest BCUT2D eigenvalue weighted by atomic mass is 10.1. The number of rotatable bonds is 8. The van der Waals surface area contributed by atoms with Crippen molar-refractivity contribution in [3.8, 4) is 23.1 Å². The Morgan fingerprint density at radius 2 is 1.92 bits per heavy atom. The van der Waals surface area contributed by atoms with E-state index in [-0.39, 0.29) is 0 Å². The van der Waals surface area contributed by atoms with Crippen LogP contribution in [0.15, 0.2) is 36.7 Å². The Bertz CT molecular complexity index is 1510. The summed E-state index contributed by atoms with van der Waals surface area (Å²) < 4.78 is 8.83. The number of hydrogen-bond acceptors (Lipinski definition) is 8. The highest BCUT2D eigenvalue weighted by Gasteiger charge is 2.26. The highest BCUT2D eigenvalue weighted by molar-refractivity contribution is 5.92. The molecular weight excluding hydrogens is 468 g/mol. The van der Waals surface area contributed by atoms with Crippen LogP contribution in [0.1, 0.15) is 52.6 Å². The second kappa shape index (κ2) is 9.85. The Kier molecular flexibility index (Phi) is 6.44. The molecule has 0 saturated heterocycles. The van der Waals surface area contributed by atoms with Crippen LogP contribution in [0.25, 0.3) is 17.1 Å². The summed E-state index contributed by atoms with van der Waals surface area (Å²) >= 11 is 0. The van der Waals surface area contributed by atoms with Gasteiger partial charge in [-0.3, -0.25) is 0 Å². The van der Waals surface area contributed by atoms with Crippen LogP contribution >= 0.6 is 0 Å². The molecule has 0 aliphatic heterocycles. The average molecular weight is 497 g/mol. The third-order valence-electron chi connectivity index (χ3n) is 6.49. The van der Waals surface area contributed by atoms with Crippen LogP contribution < -0.4 is 5.32 Å². The Balaban J connectivity index is 1.49. The van der Waals surface area contributed by atoms with E-state index >= 15 is 0 Å². The van der Waals surface area contributed by atoms with Gasteiger partial charge in [-0.05, 0) is 58.6 Å². The summed E-state index contributed by atoms with van der Waals surface area (Å²) in [7, 11) is 0. The lowest BCUT2D eigenvalue weighted by Gasteiger charge is -2.11. The molecule has 1 aliphatic rings. The monoisotopic (exact) mass is 496 g/mol. The lowest BCUT2D eigenvalue weighted by Crippen LogP contribution is -2.10. The molecule has 1 fully saturated rings. The molecule has 10 heteroatoms. The van der Waals surface area contributed by atoms with Crippen molar-refractivity contribution in [1.82, 2.24) is 29.5 Å². The number of carbonyl (C=O) groups excluding carboxylic acids is 1. The normalized spacial score (nSPS) is 12.8. The molecule has 1 aromatic carbocycles. The van der Waals surface area contributed by atoms with Crippen LogP contribution in [0.2, 0.25) is 0 Å². The maximum atomic E-state index is 12.4. The largest absolute Gasteiger partial charge is 0.462 e. The Morgan fingerprint density at radius 3 is 2.59 bits per heavy atom. The Hall–Kier alpha value is -4.52. The van der Waals surface area contributed by atoms with Crippen molar-refractivity contribution in [2.45, 2.75) is 47.1 Å². The van der Waals surface area contributed by atoms with Gasteiger partial charge in [-0.1, -0.05) is 12.1 Å². The van der Waals surface area contributed by atoms with Gasteiger partial charge in [0.1, 0.15) is 23.5 Å². The number of ether oxygens (including phenoxy) is 1. The molecule has 0 unspecified atom stereocenters. The highest BCUT2D eigenvalue weighted by Crippen LogP contribution is 2.35. The fourth-order valence-electron chi connectivity index (χ4n) is 4.38. The zero-order chi connectivity index (χ0) is 26.1. The number of anilines is 2. The molecule has 3 heterocycles. The maximum Gasteiger partial charge on any atom is 0.341 e. The van der Waals surface area contributed by atoms with E-state index in [9.17, 15) is 4.79 Å². The number of benzene rings is 1. The molecule has 1 saturated carbocycles. The van der Waals surface area contributed by atoms with E-state index in [4.69, 9.17) is 15.1 Å². The van der Waals surface area contributed by atoms with Crippen molar-refractivity contribution >= 4 is 17.6 Å². The van der Waals surface area contributed by atoms with E-state index in [2.05, 4.69) is 26.5 Å². The number of esters is 1. The van der Waals surface area contributed by atoms with Crippen molar-refractivity contribution in [2.24, 2.45) is 5.92 Å². The summed E-state index contributed by atoms with van der Waals surface area (Å²) in [4.78, 5) is 21.2. The summed E-state index contributed by atoms with van der Waals surface area (Å²) in [5, 5.41) is 22.0. The molecule has 0 atom stereocenters. The van der Waals surface area contributed by atoms with Crippen molar-refractivity contribution < 1.29 is 9.53 Å². The molecule has 0 amide bonds. The lowest BCUT2D eigenvalue weighted by molar-refractivity contribution is 0.0524. The van der Waals surface area contributed by atoms with Gasteiger partial charge in [0.2, 0.25) is 0 Å². The first-order valence-corrected chi connectivity index (χ1v) is 12.3. The van der Waals surface area contributed by atoms with Crippen molar-refractivity contribution in [3.63, 3.8) is 0 Å². The standard InChI is InChI=1S/C27H28N8O2/c1-5-37-27(36)24-17(3)32-35(18(24)4)23-12-22(29-15-30-23)31-26-16(2)25(33-34(26)14-20-6-7-20)21-10-8-19(13-28)9-11-21/h8-12,15,20H,5-7,14H2,1-4H3,(H,29,30,31). The quantitative estimate of drug-likeness (QED) is 0.350. The summed E-state index contributed by atoms with van der Waals surface area (Å²) in [6.07, 6.45) is 3.86. The number of carbonyl (C=O) groups is 1.